The van der Waals surface area contributed by atoms with Gasteiger partial charge in [0, 0.05) is 12.6 Å². The van der Waals surface area contributed by atoms with Crippen LogP contribution in [0.25, 0.3) is 0 Å². The minimum Gasteiger partial charge on any atom is -0.330 e. The van der Waals surface area contributed by atoms with E-state index in [0.717, 1.165) is 25.7 Å². The molecule has 0 aliphatic heterocycles. The second-order valence-corrected chi connectivity index (χ2v) is 5.94. The summed E-state index contributed by atoms with van der Waals surface area (Å²) < 4.78 is 24.5. The van der Waals surface area contributed by atoms with Crippen LogP contribution >= 0.6 is 0 Å². The number of hydrogen-bond donors (Lipinski definition) is 2. The number of nitrogens with two attached hydrogens (primary N) is 2. The highest BCUT2D eigenvalue weighted by Crippen LogP contribution is 2.23. The van der Waals surface area contributed by atoms with Crippen molar-refractivity contribution in [1.82, 2.24) is 4.31 Å². The van der Waals surface area contributed by atoms with Crippen LogP contribution in [-0.4, -0.2) is 31.9 Å². The maximum atomic E-state index is 11.5. The molecule has 0 heterocycles. The summed E-state index contributed by atoms with van der Waals surface area (Å²) in [5.41, 5.74) is 5.42. The first-order valence-corrected chi connectivity index (χ1v) is 7.55. The smallest absolute Gasteiger partial charge is 0.277 e. The summed E-state index contributed by atoms with van der Waals surface area (Å²) in [6.07, 6.45) is 7.13. The van der Waals surface area contributed by atoms with Gasteiger partial charge in [-0.2, -0.15) is 12.7 Å². The van der Waals surface area contributed by atoms with E-state index in [1.165, 1.54) is 17.1 Å². The first-order valence-electron chi connectivity index (χ1n) is 6.05. The second-order valence-electron chi connectivity index (χ2n) is 4.44. The van der Waals surface area contributed by atoms with Crippen LogP contribution in [0.5, 0.6) is 0 Å². The van der Waals surface area contributed by atoms with Crippen molar-refractivity contribution >= 4 is 10.2 Å². The molecule has 0 aromatic rings. The average Bonchev–Trinajstić information content (AvgIpc) is 2.45. The van der Waals surface area contributed by atoms with Gasteiger partial charge in [0.15, 0.2) is 0 Å². The SMILES string of the molecule is NCCCN(C1CCCCCC1)S(N)(=O)=O. The molecule has 6 heteroatoms. The van der Waals surface area contributed by atoms with Crippen molar-refractivity contribution < 1.29 is 8.42 Å². The predicted molar refractivity (Wildman–Crippen MR) is 65.0 cm³/mol. The molecule has 0 radical (unpaired) electrons. The van der Waals surface area contributed by atoms with Crippen LogP contribution in [0.2, 0.25) is 0 Å². The lowest BCUT2D eigenvalue weighted by molar-refractivity contribution is 0.291. The third-order valence-corrected chi connectivity index (χ3v) is 4.28. The van der Waals surface area contributed by atoms with E-state index in [0.29, 0.717) is 19.5 Å². The lowest BCUT2D eigenvalue weighted by Crippen LogP contribution is -2.44. The normalized spacial score (nSPS) is 19.9. The summed E-state index contributed by atoms with van der Waals surface area (Å²) in [5.74, 6) is 0. The Morgan fingerprint density at radius 1 is 1.12 bits per heavy atom. The molecule has 4 N–H and O–H groups in total. The Kier molecular flexibility index (Phi) is 5.68. The van der Waals surface area contributed by atoms with E-state index in [9.17, 15) is 8.42 Å². The molecule has 1 saturated carbocycles. The van der Waals surface area contributed by atoms with Gasteiger partial charge in [-0.05, 0) is 25.8 Å². The molecule has 0 aromatic heterocycles. The standard InChI is InChI=1S/C10H23N3O2S/c11-8-5-9-13(16(12,14)15)10-6-3-1-2-4-7-10/h10H,1-9,11H2,(H2,12,14,15). The molecule has 5 nitrogen and oxygen atoms in total. The monoisotopic (exact) mass is 249 g/mol. The van der Waals surface area contributed by atoms with Crippen molar-refractivity contribution in [2.75, 3.05) is 13.1 Å². The largest absolute Gasteiger partial charge is 0.330 e. The molecule has 0 spiro atoms. The molecule has 1 aliphatic rings. The van der Waals surface area contributed by atoms with E-state index < -0.39 is 10.2 Å². The van der Waals surface area contributed by atoms with Gasteiger partial charge >= 0.3 is 0 Å². The number of nitrogens with zero attached hydrogens (tertiary/aromatic N) is 1. The fourth-order valence-electron chi connectivity index (χ4n) is 2.31. The summed E-state index contributed by atoms with van der Waals surface area (Å²) in [7, 11) is -3.58. The van der Waals surface area contributed by atoms with E-state index in [1.807, 2.05) is 0 Å². The molecular formula is C10H23N3O2S. The fourth-order valence-corrected chi connectivity index (χ4v) is 3.32. The molecule has 96 valence electrons. The minimum absolute atomic E-state index is 0.0871. The van der Waals surface area contributed by atoms with Crippen LogP contribution in [0.3, 0.4) is 0 Å². The lowest BCUT2D eigenvalue weighted by atomic mass is 10.1. The molecule has 0 atom stereocenters. The van der Waals surface area contributed by atoms with Gasteiger partial charge < -0.3 is 5.73 Å². The summed E-state index contributed by atoms with van der Waals surface area (Å²) >= 11 is 0. The molecule has 0 aromatic carbocycles. The van der Waals surface area contributed by atoms with Crippen molar-refractivity contribution in [2.24, 2.45) is 10.9 Å². The van der Waals surface area contributed by atoms with Gasteiger partial charge in [0.25, 0.3) is 10.2 Å². The molecule has 16 heavy (non-hydrogen) atoms. The van der Waals surface area contributed by atoms with Crippen molar-refractivity contribution in [3.8, 4) is 0 Å². The number of hydrogen-bond acceptors (Lipinski definition) is 3. The fraction of sp³-hybridized carbons (Fsp3) is 1.00. The van der Waals surface area contributed by atoms with Crippen LogP contribution in [0.4, 0.5) is 0 Å². The maximum absolute atomic E-state index is 11.5. The molecular weight excluding hydrogens is 226 g/mol. The molecule has 0 bridgehead atoms. The topological polar surface area (TPSA) is 89.4 Å². The Morgan fingerprint density at radius 3 is 2.12 bits per heavy atom. The zero-order chi connectivity index (χ0) is 12.0. The summed E-state index contributed by atoms with van der Waals surface area (Å²) in [6, 6.07) is 0.0871. The van der Waals surface area contributed by atoms with Gasteiger partial charge in [0.05, 0.1) is 0 Å². The second kappa shape index (κ2) is 6.54. The first kappa shape index (κ1) is 13.9. The third kappa shape index (κ3) is 4.37. The van der Waals surface area contributed by atoms with Gasteiger partial charge in [-0.3, -0.25) is 0 Å². The minimum atomic E-state index is -3.58. The molecule has 0 unspecified atom stereocenters. The van der Waals surface area contributed by atoms with Gasteiger partial charge in [-0.1, -0.05) is 25.7 Å². The van der Waals surface area contributed by atoms with Crippen LogP contribution in [0, 0.1) is 0 Å². The van der Waals surface area contributed by atoms with Crippen molar-refractivity contribution in [3.05, 3.63) is 0 Å². The highest BCUT2D eigenvalue weighted by atomic mass is 32.2. The van der Waals surface area contributed by atoms with E-state index in [1.54, 1.807) is 0 Å². The van der Waals surface area contributed by atoms with Gasteiger partial charge in [0.1, 0.15) is 0 Å². The summed E-state index contributed by atoms with van der Waals surface area (Å²) in [6.45, 7) is 0.957. The molecule has 1 rings (SSSR count). The summed E-state index contributed by atoms with van der Waals surface area (Å²) in [5, 5.41) is 5.26. The number of rotatable bonds is 5. The Bertz CT molecular complexity index is 284. The van der Waals surface area contributed by atoms with Crippen LogP contribution < -0.4 is 10.9 Å². The van der Waals surface area contributed by atoms with E-state index in [4.69, 9.17) is 10.9 Å². The highest BCUT2D eigenvalue weighted by molar-refractivity contribution is 7.86. The van der Waals surface area contributed by atoms with Crippen molar-refractivity contribution in [2.45, 2.75) is 51.0 Å². The molecule has 1 aliphatic carbocycles. The van der Waals surface area contributed by atoms with Gasteiger partial charge in [-0.15, -0.1) is 0 Å². The third-order valence-electron chi connectivity index (χ3n) is 3.14. The van der Waals surface area contributed by atoms with Crippen LogP contribution in [0.1, 0.15) is 44.9 Å². The quantitative estimate of drug-likeness (QED) is 0.698. The molecule has 0 amide bonds. The van der Waals surface area contributed by atoms with Crippen molar-refractivity contribution in [3.63, 3.8) is 0 Å². The maximum Gasteiger partial charge on any atom is 0.277 e. The van der Waals surface area contributed by atoms with Gasteiger partial charge in [0.2, 0.25) is 0 Å². The Balaban J connectivity index is 2.66. The van der Waals surface area contributed by atoms with E-state index in [-0.39, 0.29) is 6.04 Å². The van der Waals surface area contributed by atoms with Crippen molar-refractivity contribution in [1.29, 1.82) is 0 Å². The highest BCUT2D eigenvalue weighted by Gasteiger charge is 2.26. The Labute approximate surface area is 98.4 Å². The Hall–Kier alpha value is -0.170. The summed E-state index contributed by atoms with van der Waals surface area (Å²) in [4.78, 5) is 0. The average molecular weight is 249 g/mol. The first-order chi connectivity index (χ1) is 7.55. The van der Waals surface area contributed by atoms with E-state index >= 15 is 0 Å². The molecule has 1 fully saturated rings. The zero-order valence-electron chi connectivity index (χ0n) is 9.77. The van der Waals surface area contributed by atoms with Gasteiger partial charge in [-0.25, -0.2) is 5.14 Å². The van der Waals surface area contributed by atoms with Crippen LogP contribution in [-0.2, 0) is 10.2 Å². The van der Waals surface area contributed by atoms with Crippen LogP contribution in [0.15, 0.2) is 0 Å². The predicted octanol–water partition coefficient (Wildman–Crippen LogP) is 0.564. The Morgan fingerprint density at radius 2 is 1.69 bits per heavy atom. The van der Waals surface area contributed by atoms with E-state index in [2.05, 4.69) is 0 Å². The zero-order valence-corrected chi connectivity index (χ0v) is 10.6. The molecule has 0 saturated heterocycles. The lowest BCUT2D eigenvalue weighted by Gasteiger charge is -2.28.